The van der Waals surface area contributed by atoms with Crippen molar-refractivity contribution in [2.24, 2.45) is 0 Å². The molecule has 1 aromatic carbocycles. The molecule has 0 saturated heterocycles. The smallest absolute Gasteiger partial charge is 0.0621 e. The summed E-state index contributed by atoms with van der Waals surface area (Å²) in [6.07, 6.45) is 4.24. The molecule has 0 fully saturated rings. The third-order valence-electron chi connectivity index (χ3n) is 2.63. The Morgan fingerprint density at radius 2 is 1.76 bits per heavy atom. The van der Waals surface area contributed by atoms with Gasteiger partial charge in [0.1, 0.15) is 0 Å². The second-order valence-corrected chi connectivity index (χ2v) is 4.42. The van der Waals surface area contributed by atoms with Crippen molar-refractivity contribution >= 4 is 11.6 Å². The van der Waals surface area contributed by atoms with Gasteiger partial charge in [0.15, 0.2) is 0 Å². The topological polar surface area (TPSA) is 33.1 Å². The van der Waals surface area contributed by atoms with Gasteiger partial charge >= 0.3 is 0 Å². The summed E-state index contributed by atoms with van der Waals surface area (Å²) in [6, 6.07) is 11.4. The molecule has 0 aliphatic heterocycles. The Morgan fingerprint density at radius 3 is 2.47 bits per heavy atom. The minimum Gasteiger partial charge on any atom is -0.392 e. The van der Waals surface area contributed by atoms with E-state index in [1.807, 2.05) is 36.4 Å². The van der Waals surface area contributed by atoms with Crippen molar-refractivity contribution in [1.82, 2.24) is 4.98 Å². The van der Waals surface area contributed by atoms with Crippen LogP contribution in [0.4, 0.5) is 0 Å². The zero-order valence-corrected chi connectivity index (χ0v) is 10.1. The van der Waals surface area contributed by atoms with Crippen LogP contribution in [0.5, 0.6) is 0 Å². The van der Waals surface area contributed by atoms with Crippen LogP contribution in [-0.4, -0.2) is 16.2 Å². The van der Waals surface area contributed by atoms with Crippen molar-refractivity contribution in [1.29, 1.82) is 0 Å². The maximum atomic E-state index is 10.0. The number of rotatable bonds is 4. The van der Waals surface area contributed by atoms with Crippen molar-refractivity contribution in [2.75, 3.05) is 0 Å². The van der Waals surface area contributed by atoms with Gasteiger partial charge in [-0.15, -0.1) is 0 Å². The Bertz CT molecular complexity index is 473. The van der Waals surface area contributed by atoms with Gasteiger partial charge < -0.3 is 5.11 Å². The Labute approximate surface area is 106 Å². The summed E-state index contributed by atoms with van der Waals surface area (Å²) in [7, 11) is 0. The van der Waals surface area contributed by atoms with Crippen LogP contribution in [0.15, 0.2) is 48.8 Å². The predicted octanol–water partition coefficient (Wildman–Crippen LogP) is 2.88. The molecular formula is C14H14ClNO. The first-order valence-corrected chi connectivity index (χ1v) is 5.94. The fourth-order valence-corrected chi connectivity index (χ4v) is 1.99. The molecule has 2 rings (SSSR count). The molecule has 2 nitrogen and oxygen atoms in total. The van der Waals surface area contributed by atoms with E-state index in [0.717, 1.165) is 11.1 Å². The van der Waals surface area contributed by atoms with Crippen LogP contribution < -0.4 is 0 Å². The minimum atomic E-state index is -0.419. The summed E-state index contributed by atoms with van der Waals surface area (Å²) in [5.74, 6) is 0. The molecule has 88 valence electrons. The molecule has 0 saturated carbocycles. The van der Waals surface area contributed by atoms with Crippen molar-refractivity contribution in [3.63, 3.8) is 0 Å². The Morgan fingerprint density at radius 1 is 1.06 bits per heavy atom. The molecule has 0 amide bonds. The number of hydrogen-bond acceptors (Lipinski definition) is 2. The van der Waals surface area contributed by atoms with E-state index in [2.05, 4.69) is 4.98 Å². The molecule has 0 radical (unpaired) electrons. The minimum absolute atomic E-state index is 0.419. The molecule has 0 bridgehead atoms. The fourth-order valence-electron chi connectivity index (χ4n) is 1.78. The molecule has 0 aliphatic rings. The van der Waals surface area contributed by atoms with E-state index in [4.69, 9.17) is 11.6 Å². The van der Waals surface area contributed by atoms with Gasteiger partial charge in [-0.1, -0.05) is 29.8 Å². The van der Waals surface area contributed by atoms with Gasteiger partial charge in [0.05, 0.1) is 6.10 Å². The lowest BCUT2D eigenvalue weighted by Gasteiger charge is -2.11. The number of aliphatic hydroxyl groups is 1. The maximum absolute atomic E-state index is 10.0. The summed E-state index contributed by atoms with van der Waals surface area (Å²) in [5, 5.41) is 10.7. The quantitative estimate of drug-likeness (QED) is 0.901. The van der Waals surface area contributed by atoms with Crippen LogP contribution in [0.2, 0.25) is 5.02 Å². The lowest BCUT2D eigenvalue weighted by molar-refractivity contribution is 0.175. The first kappa shape index (κ1) is 12.1. The van der Waals surface area contributed by atoms with Crippen LogP contribution >= 0.6 is 11.6 Å². The van der Waals surface area contributed by atoms with Crippen LogP contribution in [-0.2, 0) is 12.8 Å². The molecule has 0 aliphatic carbocycles. The van der Waals surface area contributed by atoms with Gasteiger partial charge in [-0.3, -0.25) is 4.98 Å². The Balaban J connectivity index is 1.98. The highest BCUT2D eigenvalue weighted by Gasteiger charge is 2.08. The van der Waals surface area contributed by atoms with E-state index in [1.54, 1.807) is 12.4 Å². The summed E-state index contributed by atoms with van der Waals surface area (Å²) in [5.41, 5.74) is 2.07. The summed E-state index contributed by atoms with van der Waals surface area (Å²) >= 11 is 6.05. The highest BCUT2D eigenvalue weighted by molar-refractivity contribution is 6.31. The van der Waals surface area contributed by atoms with E-state index in [-0.39, 0.29) is 0 Å². The molecule has 1 aromatic heterocycles. The van der Waals surface area contributed by atoms with E-state index in [9.17, 15) is 5.11 Å². The number of hydrogen-bond donors (Lipinski definition) is 1. The van der Waals surface area contributed by atoms with E-state index in [0.29, 0.717) is 17.9 Å². The van der Waals surface area contributed by atoms with Gasteiger partial charge in [0.2, 0.25) is 0 Å². The standard InChI is InChI=1S/C14H14ClNO/c15-14-4-2-1-3-12(14)10-13(17)9-11-5-7-16-8-6-11/h1-8,13,17H,9-10H2. The molecule has 2 aromatic rings. The number of halogens is 1. The first-order chi connectivity index (χ1) is 8.25. The normalized spacial score (nSPS) is 12.4. The fraction of sp³-hybridized carbons (Fsp3) is 0.214. The number of aliphatic hydroxyl groups excluding tert-OH is 1. The summed E-state index contributed by atoms with van der Waals surface area (Å²) in [6.45, 7) is 0. The molecule has 17 heavy (non-hydrogen) atoms. The zero-order chi connectivity index (χ0) is 12.1. The second kappa shape index (κ2) is 5.80. The van der Waals surface area contributed by atoms with Crippen molar-refractivity contribution in [2.45, 2.75) is 18.9 Å². The third kappa shape index (κ3) is 3.55. The monoisotopic (exact) mass is 247 g/mol. The lowest BCUT2D eigenvalue weighted by atomic mass is 10.0. The Hall–Kier alpha value is -1.38. The van der Waals surface area contributed by atoms with Crippen LogP contribution in [0.3, 0.4) is 0 Å². The maximum Gasteiger partial charge on any atom is 0.0621 e. The number of nitrogens with zero attached hydrogens (tertiary/aromatic N) is 1. The van der Waals surface area contributed by atoms with Gasteiger partial charge in [-0.25, -0.2) is 0 Å². The largest absolute Gasteiger partial charge is 0.392 e. The van der Waals surface area contributed by atoms with Crippen molar-refractivity contribution in [3.05, 3.63) is 64.9 Å². The van der Waals surface area contributed by atoms with Crippen molar-refractivity contribution in [3.8, 4) is 0 Å². The van der Waals surface area contributed by atoms with Crippen molar-refractivity contribution < 1.29 is 5.11 Å². The number of aromatic nitrogens is 1. The number of benzene rings is 1. The highest BCUT2D eigenvalue weighted by atomic mass is 35.5. The van der Waals surface area contributed by atoms with E-state index >= 15 is 0 Å². The third-order valence-corrected chi connectivity index (χ3v) is 3.00. The van der Waals surface area contributed by atoms with Gasteiger partial charge in [0.25, 0.3) is 0 Å². The van der Waals surface area contributed by atoms with E-state index < -0.39 is 6.10 Å². The Kier molecular flexibility index (Phi) is 4.13. The number of pyridine rings is 1. The molecule has 1 unspecified atom stereocenters. The lowest BCUT2D eigenvalue weighted by Crippen LogP contribution is -2.14. The SMILES string of the molecule is OC(Cc1ccncc1)Cc1ccccc1Cl. The van der Waals surface area contributed by atoms with Crippen LogP contribution in [0.1, 0.15) is 11.1 Å². The molecule has 0 spiro atoms. The molecule has 1 N–H and O–H groups in total. The molecule has 1 heterocycles. The predicted molar refractivity (Wildman–Crippen MR) is 69.1 cm³/mol. The van der Waals surface area contributed by atoms with E-state index in [1.165, 1.54) is 0 Å². The van der Waals surface area contributed by atoms with Gasteiger partial charge in [-0.2, -0.15) is 0 Å². The second-order valence-electron chi connectivity index (χ2n) is 4.01. The van der Waals surface area contributed by atoms with Crippen LogP contribution in [0.25, 0.3) is 0 Å². The zero-order valence-electron chi connectivity index (χ0n) is 9.38. The summed E-state index contributed by atoms with van der Waals surface area (Å²) in [4.78, 5) is 3.95. The van der Waals surface area contributed by atoms with Crippen LogP contribution in [0, 0.1) is 0 Å². The van der Waals surface area contributed by atoms with Gasteiger partial charge in [0, 0.05) is 23.8 Å². The molecule has 1 atom stereocenters. The average Bonchev–Trinajstić information content (AvgIpc) is 2.33. The molecule has 3 heteroatoms. The van der Waals surface area contributed by atoms with Gasteiger partial charge in [-0.05, 0) is 35.7 Å². The average molecular weight is 248 g/mol. The summed E-state index contributed by atoms with van der Waals surface area (Å²) < 4.78 is 0. The highest BCUT2D eigenvalue weighted by Crippen LogP contribution is 2.17. The first-order valence-electron chi connectivity index (χ1n) is 5.56. The molecular weight excluding hydrogens is 234 g/mol.